The second-order valence-electron chi connectivity index (χ2n) is 5.88. The first-order valence-electron chi connectivity index (χ1n) is 7.96. The van der Waals surface area contributed by atoms with Crippen molar-refractivity contribution < 1.29 is 9.84 Å². The predicted octanol–water partition coefficient (Wildman–Crippen LogP) is 1.64. The average molecular weight is 297 g/mol. The van der Waals surface area contributed by atoms with E-state index in [1.807, 2.05) is 6.08 Å². The number of allylic oxidation sites excluding steroid dienone is 1. The first-order chi connectivity index (χ1) is 10.2. The Morgan fingerprint density at radius 3 is 2.71 bits per heavy atom. The molecule has 1 fully saturated rings. The Kier molecular flexibility index (Phi) is 8.38. The molecule has 0 aromatic carbocycles. The van der Waals surface area contributed by atoms with Crippen molar-refractivity contribution in [3.8, 4) is 0 Å². The molecule has 1 rings (SSSR count). The molecule has 21 heavy (non-hydrogen) atoms. The van der Waals surface area contributed by atoms with Crippen LogP contribution in [-0.4, -0.2) is 62.5 Å². The summed E-state index contributed by atoms with van der Waals surface area (Å²) in [6.45, 7) is 9.63. The van der Waals surface area contributed by atoms with Crippen molar-refractivity contribution in [1.82, 2.24) is 10.2 Å². The zero-order valence-electron chi connectivity index (χ0n) is 13.6. The number of guanidine groups is 1. The molecule has 0 aromatic heterocycles. The molecular formula is C16H31N3O2. The van der Waals surface area contributed by atoms with E-state index in [0.29, 0.717) is 19.8 Å². The lowest BCUT2D eigenvalue weighted by molar-refractivity contribution is -0.130. The minimum Gasteiger partial charge on any atom is -0.396 e. The maximum absolute atomic E-state index is 9.45. The van der Waals surface area contributed by atoms with E-state index in [4.69, 9.17) is 4.74 Å². The molecule has 1 saturated heterocycles. The number of aliphatic imine (C=N–C) groups is 1. The van der Waals surface area contributed by atoms with Gasteiger partial charge in [-0.05, 0) is 26.2 Å². The van der Waals surface area contributed by atoms with Gasteiger partial charge in [0.2, 0.25) is 0 Å². The van der Waals surface area contributed by atoms with Crippen molar-refractivity contribution in [2.24, 2.45) is 10.4 Å². The number of unbranched alkanes of at least 4 members (excludes halogenated alkanes) is 3. The zero-order valence-corrected chi connectivity index (χ0v) is 13.6. The van der Waals surface area contributed by atoms with Gasteiger partial charge in [0.25, 0.3) is 0 Å². The number of rotatable bonds is 10. The SMILES string of the molecule is C=CCCCCCN(C)C(=NCC1(CO)COC1)NCC. The average Bonchev–Trinajstić information content (AvgIpc) is 2.45. The van der Waals surface area contributed by atoms with E-state index in [-0.39, 0.29) is 12.0 Å². The number of ether oxygens (including phenoxy) is 1. The molecule has 0 saturated carbocycles. The van der Waals surface area contributed by atoms with E-state index >= 15 is 0 Å². The van der Waals surface area contributed by atoms with Gasteiger partial charge in [-0.1, -0.05) is 12.5 Å². The van der Waals surface area contributed by atoms with Crippen molar-refractivity contribution in [3.05, 3.63) is 12.7 Å². The predicted molar refractivity (Wildman–Crippen MR) is 87.6 cm³/mol. The summed E-state index contributed by atoms with van der Waals surface area (Å²) in [5.41, 5.74) is -0.161. The van der Waals surface area contributed by atoms with Gasteiger partial charge in [-0.2, -0.15) is 0 Å². The van der Waals surface area contributed by atoms with Crippen LogP contribution < -0.4 is 5.32 Å². The Morgan fingerprint density at radius 1 is 1.43 bits per heavy atom. The minimum atomic E-state index is -0.161. The largest absolute Gasteiger partial charge is 0.396 e. The summed E-state index contributed by atoms with van der Waals surface area (Å²) in [4.78, 5) is 6.84. The van der Waals surface area contributed by atoms with E-state index in [1.165, 1.54) is 12.8 Å². The van der Waals surface area contributed by atoms with Gasteiger partial charge in [0.1, 0.15) is 0 Å². The molecule has 0 amide bonds. The first-order valence-corrected chi connectivity index (χ1v) is 7.96. The maximum atomic E-state index is 9.45. The Bertz CT molecular complexity index is 322. The highest BCUT2D eigenvalue weighted by Crippen LogP contribution is 2.26. The summed E-state index contributed by atoms with van der Waals surface area (Å²) in [5.74, 6) is 0.918. The lowest BCUT2D eigenvalue weighted by Crippen LogP contribution is -2.49. The van der Waals surface area contributed by atoms with Crippen LogP contribution in [0.4, 0.5) is 0 Å². The van der Waals surface area contributed by atoms with Crippen LogP contribution in [0.25, 0.3) is 0 Å². The number of hydrogen-bond donors (Lipinski definition) is 2. The molecule has 0 bridgehead atoms. The van der Waals surface area contributed by atoms with Crippen LogP contribution >= 0.6 is 0 Å². The normalized spacial score (nSPS) is 17.2. The van der Waals surface area contributed by atoms with Crippen molar-refractivity contribution >= 4 is 5.96 Å². The molecule has 2 N–H and O–H groups in total. The van der Waals surface area contributed by atoms with Crippen LogP contribution in [0.15, 0.2) is 17.6 Å². The van der Waals surface area contributed by atoms with Gasteiger partial charge in [0, 0.05) is 20.1 Å². The Hall–Kier alpha value is -1.07. The quantitative estimate of drug-likeness (QED) is 0.278. The van der Waals surface area contributed by atoms with Crippen LogP contribution in [0.5, 0.6) is 0 Å². The van der Waals surface area contributed by atoms with Crippen molar-refractivity contribution in [3.63, 3.8) is 0 Å². The highest BCUT2D eigenvalue weighted by Gasteiger charge is 2.38. The molecule has 0 aromatic rings. The third-order valence-corrected chi connectivity index (χ3v) is 3.81. The fourth-order valence-corrected chi connectivity index (χ4v) is 2.26. The molecular weight excluding hydrogens is 266 g/mol. The van der Waals surface area contributed by atoms with Gasteiger partial charge in [-0.25, -0.2) is 0 Å². The van der Waals surface area contributed by atoms with Gasteiger partial charge in [0.15, 0.2) is 5.96 Å². The minimum absolute atomic E-state index is 0.140. The molecule has 1 aliphatic rings. The second kappa shape index (κ2) is 9.79. The summed E-state index contributed by atoms with van der Waals surface area (Å²) in [5, 5.41) is 12.8. The molecule has 1 heterocycles. The summed E-state index contributed by atoms with van der Waals surface area (Å²) in [6.07, 6.45) is 6.64. The Balaban J connectivity index is 2.40. The molecule has 0 unspecified atom stereocenters. The Labute approximate surface area is 129 Å². The van der Waals surface area contributed by atoms with Crippen LogP contribution in [0.3, 0.4) is 0 Å². The second-order valence-corrected chi connectivity index (χ2v) is 5.88. The van der Waals surface area contributed by atoms with Crippen molar-refractivity contribution in [2.45, 2.75) is 32.6 Å². The molecule has 5 nitrogen and oxygen atoms in total. The zero-order chi connectivity index (χ0) is 15.6. The third-order valence-electron chi connectivity index (χ3n) is 3.81. The Morgan fingerprint density at radius 2 is 2.19 bits per heavy atom. The topological polar surface area (TPSA) is 57.1 Å². The van der Waals surface area contributed by atoms with E-state index in [1.54, 1.807) is 0 Å². The number of nitrogens with one attached hydrogen (secondary N) is 1. The lowest BCUT2D eigenvalue weighted by Gasteiger charge is -2.38. The van der Waals surface area contributed by atoms with Gasteiger partial charge >= 0.3 is 0 Å². The van der Waals surface area contributed by atoms with Crippen LogP contribution in [-0.2, 0) is 4.74 Å². The highest BCUT2D eigenvalue weighted by atomic mass is 16.5. The van der Waals surface area contributed by atoms with E-state index < -0.39 is 0 Å². The number of aliphatic hydroxyl groups excluding tert-OH is 1. The summed E-state index contributed by atoms with van der Waals surface area (Å²) < 4.78 is 5.21. The molecule has 122 valence electrons. The molecule has 0 spiro atoms. The molecule has 0 radical (unpaired) electrons. The van der Waals surface area contributed by atoms with Crippen LogP contribution in [0, 0.1) is 5.41 Å². The molecule has 0 atom stereocenters. The number of nitrogens with zero attached hydrogens (tertiary/aromatic N) is 2. The highest BCUT2D eigenvalue weighted by molar-refractivity contribution is 5.79. The third kappa shape index (κ3) is 6.06. The van der Waals surface area contributed by atoms with E-state index in [0.717, 1.165) is 31.9 Å². The monoisotopic (exact) mass is 297 g/mol. The first kappa shape index (κ1) is 18.0. The fourth-order valence-electron chi connectivity index (χ4n) is 2.26. The standard InChI is InChI=1S/C16H31N3O2/c1-4-6-7-8-9-10-19(3)15(17-5-2)18-11-16(12-20)13-21-14-16/h4,20H,1,5-14H2,2-3H3,(H,17,18). The van der Waals surface area contributed by atoms with Crippen LogP contribution in [0.1, 0.15) is 32.6 Å². The van der Waals surface area contributed by atoms with Gasteiger partial charge in [0.05, 0.1) is 31.8 Å². The fraction of sp³-hybridized carbons (Fsp3) is 0.812. The van der Waals surface area contributed by atoms with Crippen molar-refractivity contribution in [1.29, 1.82) is 0 Å². The summed E-state index contributed by atoms with van der Waals surface area (Å²) in [7, 11) is 2.07. The number of hydrogen-bond acceptors (Lipinski definition) is 3. The van der Waals surface area contributed by atoms with Gasteiger partial charge in [-0.3, -0.25) is 4.99 Å². The van der Waals surface area contributed by atoms with Crippen molar-refractivity contribution in [2.75, 3.05) is 46.5 Å². The van der Waals surface area contributed by atoms with E-state index in [2.05, 4.69) is 35.8 Å². The maximum Gasteiger partial charge on any atom is 0.193 e. The van der Waals surface area contributed by atoms with Gasteiger partial charge < -0.3 is 20.1 Å². The van der Waals surface area contributed by atoms with E-state index in [9.17, 15) is 5.11 Å². The molecule has 5 heteroatoms. The molecule has 0 aliphatic carbocycles. The van der Waals surface area contributed by atoms with Gasteiger partial charge in [-0.15, -0.1) is 6.58 Å². The lowest BCUT2D eigenvalue weighted by atomic mass is 9.87. The smallest absolute Gasteiger partial charge is 0.193 e. The molecule has 1 aliphatic heterocycles. The summed E-state index contributed by atoms with van der Waals surface area (Å²) in [6, 6.07) is 0. The summed E-state index contributed by atoms with van der Waals surface area (Å²) >= 11 is 0. The van der Waals surface area contributed by atoms with Crippen LogP contribution in [0.2, 0.25) is 0 Å². The number of aliphatic hydroxyl groups is 1.